The van der Waals surface area contributed by atoms with E-state index in [9.17, 15) is 26.7 Å². The van der Waals surface area contributed by atoms with Crippen molar-refractivity contribution in [3.8, 4) is 11.4 Å². The van der Waals surface area contributed by atoms with Crippen LogP contribution in [0.25, 0.3) is 11.4 Å². The summed E-state index contributed by atoms with van der Waals surface area (Å²) in [4.78, 5) is 30.0. The summed E-state index contributed by atoms with van der Waals surface area (Å²) < 4.78 is 68.6. The predicted octanol–water partition coefficient (Wildman–Crippen LogP) is 3.28. The van der Waals surface area contributed by atoms with Gasteiger partial charge in [0.2, 0.25) is 5.95 Å². The van der Waals surface area contributed by atoms with Crippen LogP contribution in [0.2, 0.25) is 0 Å². The molecule has 1 N–H and O–H groups in total. The Balaban J connectivity index is 1.60. The summed E-state index contributed by atoms with van der Waals surface area (Å²) in [6.07, 6.45) is 0.682. The Kier molecular flexibility index (Phi) is 6.38. The van der Waals surface area contributed by atoms with Crippen molar-refractivity contribution in [2.75, 3.05) is 18.4 Å². The molecule has 1 unspecified atom stereocenters. The Labute approximate surface area is 196 Å². The smallest absolute Gasteiger partial charge is 0.352 e. The number of carbonyl (C=O) groups is 1. The van der Waals surface area contributed by atoms with Crippen LogP contribution < -0.4 is 5.32 Å². The lowest BCUT2D eigenvalue weighted by atomic mass is 9.88. The molecule has 0 saturated carbocycles. The van der Waals surface area contributed by atoms with Crippen LogP contribution in [0.5, 0.6) is 0 Å². The van der Waals surface area contributed by atoms with Gasteiger partial charge in [-0.05, 0) is 12.0 Å². The fourth-order valence-electron chi connectivity index (χ4n) is 4.02. The molecule has 1 aliphatic heterocycles. The third kappa shape index (κ3) is 5.35. The SMILES string of the molecule is CC1CC(F)(F)CN(C(=O)c2nn(C)cc2-c2ncccn2)[C@@H]1CNc1ncc(C(F)(F)F)cn1. The van der Waals surface area contributed by atoms with Crippen molar-refractivity contribution in [2.45, 2.75) is 31.5 Å². The van der Waals surface area contributed by atoms with Crippen molar-refractivity contribution >= 4 is 11.9 Å². The third-order valence-electron chi connectivity index (χ3n) is 5.63. The fourth-order valence-corrected chi connectivity index (χ4v) is 4.02. The number of nitrogens with one attached hydrogen (secondary N) is 1. The van der Waals surface area contributed by atoms with Gasteiger partial charge in [-0.2, -0.15) is 18.3 Å². The Morgan fingerprint density at radius 1 is 1.17 bits per heavy atom. The van der Waals surface area contributed by atoms with Gasteiger partial charge in [0.05, 0.1) is 23.7 Å². The molecular formula is C21H21F5N8O. The summed E-state index contributed by atoms with van der Waals surface area (Å²) in [7, 11) is 1.58. The first-order chi connectivity index (χ1) is 16.4. The van der Waals surface area contributed by atoms with Crippen molar-refractivity contribution in [2.24, 2.45) is 13.0 Å². The summed E-state index contributed by atoms with van der Waals surface area (Å²) in [6, 6.07) is 0.860. The standard InChI is InChI=1S/C21H21F5N8O/c1-12-6-20(22,23)11-34(15(12)9-31-19-29-7-13(8-30-19)21(24,25)26)18(35)16-14(10-33(2)32-16)17-27-4-3-5-28-17/h3-5,7-8,10,12,15H,6,9,11H2,1-2H3,(H,29,30,31)/t12?,15-/m1/s1. The maximum atomic E-state index is 14.5. The van der Waals surface area contributed by atoms with E-state index in [1.54, 1.807) is 20.0 Å². The Morgan fingerprint density at radius 2 is 1.83 bits per heavy atom. The van der Waals surface area contributed by atoms with E-state index in [0.717, 1.165) is 4.90 Å². The van der Waals surface area contributed by atoms with Crippen molar-refractivity contribution in [3.05, 3.63) is 48.3 Å². The Hall–Kier alpha value is -3.71. The van der Waals surface area contributed by atoms with Gasteiger partial charge >= 0.3 is 6.18 Å². The largest absolute Gasteiger partial charge is 0.419 e. The minimum Gasteiger partial charge on any atom is -0.352 e. The Morgan fingerprint density at radius 3 is 2.46 bits per heavy atom. The molecule has 0 aromatic carbocycles. The molecule has 2 atom stereocenters. The molecular weight excluding hydrogens is 475 g/mol. The number of anilines is 1. The van der Waals surface area contributed by atoms with Crippen LogP contribution in [0.4, 0.5) is 27.9 Å². The number of rotatable bonds is 5. The second kappa shape index (κ2) is 9.15. The van der Waals surface area contributed by atoms with Crippen molar-refractivity contribution in [1.82, 2.24) is 34.6 Å². The highest BCUT2D eigenvalue weighted by atomic mass is 19.4. The summed E-state index contributed by atoms with van der Waals surface area (Å²) in [6.45, 7) is 0.674. The first kappa shape index (κ1) is 24.4. The lowest BCUT2D eigenvalue weighted by Crippen LogP contribution is -2.57. The molecule has 1 amide bonds. The van der Waals surface area contributed by atoms with Crippen LogP contribution in [-0.2, 0) is 13.2 Å². The zero-order valence-corrected chi connectivity index (χ0v) is 18.7. The highest BCUT2D eigenvalue weighted by Gasteiger charge is 2.47. The van der Waals surface area contributed by atoms with E-state index in [4.69, 9.17) is 0 Å². The number of amides is 1. The van der Waals surface area contributed by atoms with Crippen molar-refractivity contribution < 1.29 is 26.7 Å². The number of likely N-dealkylation sites (tertiary alicyclic amines) is 1. The van der Waals surface area contributed by atoms with Gasteiger partial charge < -0.3 is 10.2 Å². The molecule has 186 valence electrons. The molecule has 0 aliphatic carbocycles. The molecule has 1 saturated heterocycles. The average Bonchev–Trinajstić information content (AvgIpc) is 3.19. The van der Waals surface area contributed by atoms with Gasteiger partial charge in [0.1, 0.15) is 0 Å². The average molecular weight is 496 g/mol. The van der Waals surface area contributed by atoms with E-state index in [0.29, 0.717) is 12.4 Å². The van der Waals surface area contributed by atoms with Crippen molar-refractivity contribution in [1.29, 1.82) is 0 Å². The normalized spacial score (nSPS) is 20.0. The van der Waals surface area contributed by atoms with Gasteiger partial charge in [-0.25, -0.2) is 28.7 Å². The minimum atomic E-state index is -4.59. The van der Waals surface area contributed by atoms with Gasteiger partial charge in [-0.3, -0.25) is 9.48 Å². The summed E-state index contributed by atoms with van der Waals surface area (Å²) in [5.74, 6) is -4.42. The van der Waals surface area contributed by atoms with Crippen LogP contribution in [-0.4, -0.2) is 65.6 Å². The second-order valence-corrected chi connectivity index (χ2v) is 8.35. The molecule has 9 nitrogen and oxygen atoms in total. The van der Waals surface area contributed by atoms with Crippen LogP contribution in [0.3, 0.4) is 0 Å². The van der Waals surface area contributed by atoms with Crippen molar-refractivity contribution in [3.63, 3.8) is 0 Å². The number of piperidine rings is 1. The first-order valence-electron chi connectivity index (χ1n) is 10.6. The van der Waals surface area contributed by atoms with Gasteiger partial charge in [0.25, 0.3) is 11.8 Å². The van der Waals surface area contributed by atoms with Crippen LogP contribution in [0.1, 0.15) is 29.4 Å². The molecule has 1 fully saturated rings. The van der Waals surface area contributed by atoms with E-state index in [1.807, 2.05) is 0 Å². The minimum absolute atomic E-state index is 0.0572. The van der Waals surface area contributed by atoms with Crippen LogP contribution >= 0.6 is 0 Å². The van der Waals surface area contributed by atoms with E-state index in [1.165, 1.54) is 23.3 Å². The topological polar surface area (TPSA) is 102 Å². The number of hydrogen-bond donors (Lipinski definition) is 1. The van der Waals surface area contributed by atoms with Gasteiger partial charge in [0, 0.05) is 51.0 Å². The van der Waals surface area contributed by atoms with Gasteiger partial charge in [-0.1, -0.05) is 6.92 Å². The molecule has 14 heteroatoms. The number of halogens is 5. The van der Waals surface area contributed by atoms with Gasteiger partial charge in [0.15, 0.2) is 11.5 Å². The van der Waals surface area contributed by atoms with Gasteiger partial charge in [-0.15, -0.1) is 0 Å². The summed E-state index contributed by atoms with van der Waals surface area (Å²) in [5, 5.41) is 6.93. The Bertz CT molecular complexity index is 1180. The molecule has 0 spiro atoms. The lowest BCUT2D eigenvalue weighted by molar-refractivity contribution is -0.138. The van der Waals surface area contributed by atoms with E-state index < -0.39 is 48.5 Å². The zero-order chi connectivity index (χ0) is 25.4. The predicted molar refractivity (Wildman–Crippen MR) is 113 cm³/mol. The second-order valence-electron chi connectivity index (χ2n) is 8.35. The third-order valence-corrected chi connectivity index (χ3v) is 5.63. The number of aromatic nitrogens is 6. The van der Waals surface area contributed by atoms with Crippen LogP contribution in [0, 0.1) is 5.92 Å². The molecule has 0 bridgehead atoms. The zero-order valence-electron chi connectivity index (χ0n) is 18.7. The highest BCUT2D eigenvalue weighted by molar-refractivity contribution is 5.98. The number of nitrogens with zero attached hydrogens (tertiary/aromatic N) is 7. The quantitative estimate of drug-likeness (QED) is 0.541. The van der Waals surface area contributed by atoms with E-state index >= 15 is 0 Å². The fraction of sp³-hybridized carbons (Fsp3) is 0.429. The molecule has 0 radical (unpaired) electrons. The number of alkyl halides is 5. The summed E-state index contributed by atoms with van der Waals surface area (Å²) >= 11 is 0. The molecule has 4 heterocycles. The first-order valence-corrected chi connectivity index (χ1v) is 10.6. The number of carbonyl (C=O) groups excluding carboxylic acids is 1. The highest BCUT2D eigenvalue weighted by Crippen LogP contribution is 2.36. The maximum absolute atomic E-state index is 14.5. The molecule has 35 heavy (non-hydrogen) atoms. The molecule has 3 aromatic rings. The molecule has 4 rings (SSSR count). The lowest BCUT2D eigenvalue weighted by Gasteiger charge is -2.43. The van der Waals surface area contributed by atoms with Crippen LogP contribution in [0.15, 0.2) is 37.1 Å². The molecule has 3 aromatic heterocycles. The van der Waals surface area contributed by atoms with E-state index in [2.05, 4.69) is 30.4 Å². The summed E-state index contributed by atoms with van der Waals surface area (Å²) in [5.41, 5.74) is -0.812. The molecule has 1 aliphatic rings. The monoisotopic (exact) mass is 496 g/mol. The number of hydrogen-bond acceptors (Lipinski definition) is 7. The van der Waals surface area contributed by atoms with E-state index in [-0.39, 0.29) is 29.6 Å². The number of aryl methyl sites for hydroxylation is 1. The maximum Gasteiger partial charge on any atom is 0.419 e.